The van der Waals surface area contributed by atoms with E-state index in [2.05, 4.69) is 5.32 Å². The van der Waals surface area contributed by atoms with Crippen molar-refractivity contribution in [3.8, 4) is 0 Å². The van der Waals surface area contributed by atoms with Gasteiger partial charge in [0.05, 0.1) is 6.61 Å². The molecule has 1 N–H and O–H groups in total. The highest BCUT2D eigenvalue weighted by Gasteiger charge is 2.22. The van der Waals surface area contributed by atoms with Crippen molar-refractivity contribution in [2.45, 2.75) is 26.4 Å². The van der Waals surface area contributed by atoms with Gasteiger partial charge in [0, 0.05) is 13.7 Å². The molecule has 0 radical (unpaired) electrons. The Kier molecular flexibility index (Phi) is 5.15. The van der Waals surface area contributed by atoms with E-state index in [0.29, 0.717) is 13.2 Å². The molecule has 1 amide bonds. The van der Waals surface area contributed by atoms with Gasteiger partial charge in [0.25, 0.3) is 0 Å². The monoisotopic (exact) mass is 203 g/mol. The van der Waals surface area contributed by atoms with Crippen LogP contribution in [0.3, 0.4) is 0 Å². The summed E-state index contributed by atoms with van der Waals surface area (Å²) in [7, 11) is 1.51. The number of hydrogen-bond acceptors (Lipinski definition) is 4. The van der Waals surface area contributed by atoms with Crippen molar-refractivity contribution < 1.29 is 19.1 Å². The number of carbonyl (C=O) groups excluding carboxylic acids is 2. The van der Waals surface area contributed by atoms with Crippen LogP contribution in [-0.4, -0.2) is 37.7 Å². The SMILES string of the molecule is COCCNC(=O)C(=O)OC(C)(C)C. The molecule has 0 unspecified atom stereocenters. The van der Waals surface area contributed by atoms with Crippen LogP contribution < -0.4 is 5.32 Å². The highest BCUT2D eigenvalue weighted by molar-refractivity contribution is 6.32. The standard InChI is InChI=1S/C9H17NO4/c1-9(2,3)14-8(12)7(11)10-5-6-13-4/h5-6H2,1-4H3,(H,10,11). The van der Waals surface area contributed by atoms with Gasteiger partial charge in [-0.3, -0.25) is 4.79 Å². The molecule has 5 nitrogen and oxygen atoms in total. The van der Waals surface area contributed by atoms with E-state index in [-0.39, 0.29) is 0 Å². The number of hydrogen-bond donors (Lipinski definition) is 1. The summed E-state index contributed by atoms with van der Waals surface area (Å²) in [5, 5.41) is 2.37. The molecule has 0 aromatic rings. The maximum absolute atomic E-state index is 11.1. The molecule has 0 saturated carbocycles. The van der Waals surface area contributed by atoms with E-state index in [1.807, 2.05) is 0 Å². The third kappa shape index (κ3) is 6.42. The Balaban J connectivity index is 3.83. The zero-order chi connectivity index (χ0) is 11.2. The average Bonchev–Trinajstić information content (AvgIpc) is 2.01. The Labute approximate surface area is 83.8 Å². The van der Waals surface area contributed by atoms with Gasteiger partial charge < -0.3 is 14.8 Å². The third-order valence-corrected chi connectivity index (χ3v) is 1.18. The minimum absolute atomic E-state index is 0.300. The number of rotatable bonds is 3. The summed E-state index contributed by atoms with van der Waals surface area (Å²) in [6, 6.07) is 0. The van der Waals surface area contributed by atoms with Crippen LogP contribution in [0.2, 0.25) is 0 Å². The third-order valence-electron chi connectivity index (χ3n) is 1.18. The van der Waals surface area contributed by atoms with E-state index in [4.69, 9.17) is 9.47 Å². The van der Waals surface area contributed by atoms with Crippen molar-refractivity contribution in [3.05, 3.63) is 0 Å². The molecule has 0 atom stereocenters. The molecule has 0 aliphatic rings. The highest BCUT2D eigenvalue weighted by Crippen LogP contribution is 2.06. The molecule has 0 aliphatic heterocycles. The lowest BCUT2D eigenvalue weighted by atomic mass is 10.2. The Morgan fingerprint density at radius 3 is 2.29 bits per heavy atom. The summed E-state index contributed by atoms with van der Waals surface area (Å²) in [4.78, 5) is 22.1. The van der Waals surface area contributed by atoms with Crippen molar-refractivity contribution in [1.29, 1.82) is 0 Å². The Bertz CT molecular complexity index is 207. The summed E-state index contributed by atoms with van der Waals surface area (Å²) >= 11 is 0. The van der Waals surface area contributed by atoms with Crippen molar-refractivity contribution >= 4 is 11.9 Å². The molecule has 0 rings (SSSR count). The van der Waals surface area contributed by atoms with Crippen LogP contribution >= 0.6 is 0 Å². The van der Waals surface area contributed by atoms with Crippen LogP contribution in [-0.2, 0) is 19.1 Å². The second-order valence-corrected chi connectivity index (χ2v) is 3.75. The maximum atomic E-state index is 11.1. The van der Waals surface area contributed by atoms with Crippen molar-refractivity contribution in [1.82, 2.24) is 5.32 Å². The lowest BCUT2D eigenvalue weighted by Gasteiger charge is -2.18. The molecule has 14 heavy (non-hydrogen) atoms. The average molecular weight is 203 g/mol. The van der Waals surface area contributed by atoms with E-state index in [1.165, 1.54) is 7.11 Å². The van der Waals surface area contributed by atoms with Crippen LogP contribution in [0.4, 0.5) is 0 Å². The number of methoxy groups -OCH3 is 1. The summed E-state index contributed by atoms with van der Waals surface area (Å²) in [5.41, 5.74) is -0.643. The summed E-state index contributed by atoms with van der Waals surface area (Å²) in [6.45, 7) is 5.77. The molecule has 0 bridgehead atoms. The number of amides is 1. The fourth-order valence-electron chi connectivity index (χ4n) is 0.663. The molecule has 5 heteroatoms. The molecule has 0 heterocycles. The van der Waals surface area contributed by atoms with Gasteiger partial charge in [-0.1, -0.05) is 0 Å². The van der Waals surface area contributed by atoms with Crippen LogP contribution in [0.5, 0.6) is 0 Å². The molecule has 0 fully saturated rings. The number of carbonyl (C=O) groups is 2. The van der Waals surface area contributed by atoms with E-state index in [1.54, 1.807) is 20.8 Å². The molecule has 82 valence electrons. The van der Waals surface area contributed by atoms with E-state index < -0.39 is 17.5 Å². The normalized spacial score (nSPS) is 10.9. The van der Waals surface area contributed by atoms with Gasteiger partial charge >= 0.3 is 11.9 Å². The Hall–Kier alpha value is -1.10. The van der Waals surface area contributed by atoms with Crippen LogP contribution in [0.1, 0.15) is 20.8 Å². The predicted octanol–water partition coefficient (Wildman–Crippen LogP) is 0.0907. The van der Waals surface area contributed by atoms with E-state index in [9.17, 15) is 9.59 Å². The second-order valence-electron chi connectivity index (χ2n) is 3.75. The maximum Gasteiger partial charge on any atom is 0.397 e. The summed E-state index contributed by atoms with van der Waals surface area (Å²) in [6.07, 6.45) is 0. The molecule has 0 aliphatic carbocycles. The Morgan fingerprint density at radius 1 is 1.29 bits per heavy atom. The zero-order valence-corrected chi connectivity index (χ0v) is 9.05. The van der Waals surface area contributed by atoms with Crippen molar-refractivity contribution in [3.63, 3.8) is 0 Å². The van der Waals surface area contributed by atoms with Crippen molar-refractivity contribution in [2.24, 2.45) is 0 Å². The smallest absolute Gasteiger partial charge is 0.397 e. The number of esters is 1. The van der Waals surface area contributed by atoms with E-state index >= 15 is 0 Å². The molecule has 0 aromatic heterocycles. The molecule has 0 spiro atoms. The first kappa shape index (κ1) is 12.9. The van der Waals surface area contributed by atoms with Crippen LogP contribution in [0.15, 0.2) is 0 Å². The van der Waals surface area contributed by atoms with Gasteiger partial charge in [0.15, 0.2) is 0 Å². The summed E-state index contributed by atoms with van der Waals surface area (Å²) < 4.78 is 9.54. The van der Waals surface area contributed by atoms with Gasteiger partial charge in [-0.25, -0.2) is 4.79 Å². The summed E-state index contributed by atoms with van der Waals surface area (Å²) in [5.74, 6) is -1.61. The van der Waals surface area contributed by atoms with Crippen LogP contribution in [0, 0.1) is 0 Å². The number of ether oxygens (including phenoxy) is 2. The zero-order valence-electron chi connectivity index (χ0n) is 9.05. The van der Waals surface area contributed by atoms with Gasteiger partial charge in [-0.05, 0) is 20.8 Å². The highest BCUT2D eigenvalue weighted by atomic mass is 16.6. The minimum Gasteiger partial charge on any atom is -0.453 e. The topological polar surface area (TPSA) is 64.6 Å². The van der Waals surface area contributed by atoms with Gasteiger partial charge in [0.2, 0.25) is 0 Å². The fraction of sp³-hybridized carbons (Fsp3) is 0.778. The van der Waals surface area contributed by atoms with E-state index in [0.717, 1.165) is 0 Å². The minimum atomic E-state index is -0.867. The lowest BCUT2D eigenvalue weighted by Crippen LogP contribution is -2.38. The fourth-order valence-corrected chi connectivity index (χ4v) is 0.663. The number of nitrogens with one attached hydrogen (secondary N) is 1. The first-order valence-electron chi connectivity index (χ1n) is 4.37. The second kappa shape index (κ2) is 5.59. The predicted molar refractivity (Wildman–Crippen MR) is 50.7 cm³/mol. The lowest BCUT2D eigenvalue weighted by molar-refractivity contribution is -0.163. The van der Waals surface area contributed by atoms with Gasteiger partial charge in [-0.2, -0.15) is 0 Å². The molecule has 0 saturated heterocycles. The largest absolute Gasteiger partial charge is 0.453 e. The first-order valence-corrected chi connectivity index (χ1v) is 4.37. The van der Waals surface area contributed by atoms with Gasteiger partial charge in [-0.15, -0.1) is 0 Å². The van der Waals surface area contributed by atoms with Crippen LogP contribution in [0.25, 0.3) is 0 Å². The molecular weight excluding hydrogens is 186 g/mol. The quantitative estimate of drug-likeness (QED) is 0.401. The first-order chi connectivity index (χ1) is 6.37. The Morgan fingerprint density at radius 2 is 1.86 bits per heavy atom. The van der Waals surface area contributed by atoms with Crippen molar-refractivity contribution in [2.75, 3.05) is 20.3 Å². The molecule has 0 aromatic carbocycles. The van der Waals surface area contributed by atoms with Gasteiger partial charge in [0.1, 0.15) is 5.60 Å². The molecular formula is C9H17NO4.